The van der Waals surface area contributed by atoms with Gasteiger partial charge in [0.05, 0.1) is 0 Å². The van der Waals surface area contributed by atoms with Crippen LogP contribution < -0.4 is 4.74 Å². The molecular formula is C29H52O4. The highest BCUT2D eigenvalue weighted by molar-refractivity contribution is 5.58. The Labute approximate surface area is 203 Å². The molecule has 1 heterocycles. The number of benzene rings is 1. The molecule has 0 aliphatic carbocycles. The molecule has 1 aliphatic rings. The number of hydrogen-bond donors (Lipinski definition) is 3. The van der Waals surface area contributed by atoms with Gasteiger partial charge in [-0.25, -0.2) is 0 Å². The van der Waals surface area contributed by atoms with E-state index in [1.165, 1.54) is 56.9 Å². The minimum Gasteiger partial charge on any atom is -0.507 e. The first kappa shape index (κ1) is 29.8. The smallest absolute Gasteiger partial charge is 0.127 e. The van der Waals surface area contributed by atoms with Crippen LogP contribution in [0, 0.1) is 38.5 Å². The number of phenolic OH excluding ortho intramolecular Hbond substituents is 1. The number of ether oxygens (including phenoxy) is 1. The Morgan fingerprint density at radius 3 is 1.85 bits per heavy atom. The van der Waals surface area contributed by atoms with Gasteiger partial charge < -0.3 is 9.84 Å². The fourth-order valence-electron chi connectivity index (χ4n) is 5.27. The zero-order valence-electron chi connectivity index (χ0n) is 22.8. The van der Waals surface area contributed by atoms with Crippen LogP contribution in [0.25, 0.3) is 0 Å². The van der Waals surface area contributed by atoms with Crippen LogP contribution in [0.2, 0.25) is 0 Å². The van der Waals surface area contributed by atoms with Gasteiger partial charge in [0, 0.05) is 5.56 Å². The molecule has 0 fully saturated rings. The Morgan fingerprint density at radius 1 is 0.788 bits per heavy atom. The van der Waals surface area contributed by atoms with Crippen molar-refractivity contribution in [3.8, 4) is 11.5 Å². The molecule has 2 rings (SSSR count). The Hall–Kier alpha value is -1.26. The molecule has 4 nitrogen and oxygen atoms in total. The van der Waals surface area contributed by atoms with E-state index < -0.39 is 0 Å². The predicted octanol–water partition coefficient (Wildman–Crippen LogP) is 8.86. The summed E-state index contributed by atoms with van der Waals surface area (Å²) in [6, 6.07) is 0. The lowest BCUT2D eigenvalue weighted by Crippen LogP contribution is -2.37. The second-order valence-corrected chi connectivity index (χ2v) is 11.4. The Morgan fingerprint density at radius 2 is 1.30 bits per heavy atom. The lowest BCUT2D eigenvalue weighted by Gasteiger charge is -2.38. The van der Waals surface area contributed by atoms with Crippen LogP contribution in [-0.4, -0.2) is 21.2 Å². The molecular weight excluding hydrogens is 412 g/mol. The molecule has 0 radical (unpaired) electrons. The van der Waals surface area contributed by atoms with Gasteiger partial charge in [-0.3, -0.25) is 10.5 Å². The SMILES string of the molecule is Cc1c(C)c2c(c(C)c1O)CC[C@@](C)(CCC[C@H](C)CCC[C@H](C)CCCC(C)C)O2.OO. The third kappa shape index (κ3) is 9.13. The molecule has 0 unspecified atom stereocenters. The molecule has 33 heavy (non-hydrogen) atoms. The molecule has 0 spiro atoms. The summed E-state index contributed by atoms with van der Waals surface area (Å²) in [5.74, 6) is 4.04. The van der Waals surface area contributed by atoms with Crippen LogP contribution in [0.4, 0.5) is 0 Å². The summed E-state index contributed by atoms with van der Waals surface area (Å²) < 4.78 is 6.60. The monoisotopic (exact) mass is 464 g/mol. The third-order valence-electron chi connectivity index (χ3n) is 7.87. The van der Waals surface area contributed by atoms with E-state index >= 15 is 0 Å². The zero-order chi connectivity index (χ0) is 25.2. The van der Waals surface area contributed by atoms with Crippen molar-refractivity contribution in [2.45, 2.75) is 132 Å². The fourth-order valence-corrected chi connectivity index (χ4v) is 5.27. The van der Waals surface area contributed by atoms with Crippen molar-refractivity contribution in [2.24, 2.45) is 17.8 Å². The third-order valence-corrected chi connectivity index (χ3v) is 7.87. The average molecular weight is 465 g/mol. The first-order valence-corrected chi connectivity index (χ1v) is 13.2. The second kappa shape index (κ2) is 14.2. The van der Waals surface area contributed by atoms with Gasteiger partial charge in [-0.05, 0) is 87.8 Å². The van der Waals surface area contributed by atoms with E-state index in [9.17, 15) is 5.11 Å². The molecule has 0 aromatic heterocycles. The molecule has 192 valence electrons. The zero-order valence-corrected chi connectivity index (χ0v) is 22.8. The minimum absolute atomic E-state index is 0.0712. The van der Waals surface area contributed by atoms with Gasteiger partial charge in [0.25, 0.3) is 0 Å². The van der Waals surface area contributed by atoms with E-state index in [-0.39, 0.29) is 5.60 Å². The molecule has 0 saturated carbocycles. The molecule has 1 aromatic rings. The van der Waals surface area contributed by atoms with E-state index in [1.807, 2.05) is 13.8 Å². The van der Waals surface area contributed by atoms with Gasteiger partial charge in [-0.2, -0.15) is 0 Å². The number of rotatable bonds is 12. The molecule has 3 atom stereocenters. The highest BCUT2D eigenvalue weighted by Gasteiger charge is 2.34. The highest BCUT2D eigenvalue weighted by Crippen LogP contribution is 2.44. The standard InChI is InChI=1S/C29H50O2.H2O2/c1-20(2)12-9-13-21(3)14-10-15-22(4)16-11-18-29(8)19-17-26-25(7)27(30)23(5)24(6)28(26)31-29;1-2/h20-22,30H,9-19H2,1-8H3;1-2H/t21-,22-,29-;/m1./s1. The van der Waals surface area contributed by atoms with Crippen molar-refractivity contribution in [1.82, 2.24) is 0 Å². The molecule has 0 amide bonds. The Kier molecular flexibility index (Phi) is 12.8. The average Bonchev–Trinajstić information content (AvgIpc) is 2.77. The van der Waals surface area contributed by atoms with E-state index in [4.69, 9.17) is 15.3 Å². The summed E-state index contributed by atoms with van der Waals surface area (Å²) in [6.45, 7) is 17.9. The highest BCUT2D eigenvalue weighted by atomic mass is 17.0. The summed E-state index contributed by atoms with van der Waals surface area (Å²) in [7, 11) is 0. The lowest BCUT2D eigenvalue weighted by molar-refractivity contribution is -0.176. The van der Waals surface area contributed by atoms with Crippen LogP contribution >= 0.6 is 0 Å². The van der Waals surface area contributed by atoms with Gasteiger partial charge in [0.15, 0.2) is 0 Å². The summed E-state index contributed by atoms with van der Waals surface area (Å²) in [5.41, 5.74) is 4.23. The normalized spacial score (nSPS) is 19.4. The van der Waals surface area contributed by atoms with Gasteiger partial charge in [-0.1, -0.05) is 72.6 Å². The van der Waals surface area contributed by atoms with Crippen molar-refractivity contribution < 1.29 is 20.4 Å². The first-order chi connectivity index (χ1) is 15.5. The first-order valence-electron chi connectivity index (χ1n) is 13.2. The molecule has 4 heteroatoms. The topological polar surface area (TPSA) is 69.9 Å². The summed E-state index contributed by atoms with van der Waals surface area (Å²) in [5, 5.41) is 22.4. The van der Waals surface area contributed by atoms with E-state index in [0.717, 1.165) is 59.5 Å². The summed E-state index contributed by atoms with van der Waals surface area (Å²) in [6.07, 6.45) is 14.1. The lowest BCUT2D eigenvalue weighted by atomic mass is 9.84. The largest absolute Gasteiger partial charge is 0.507 e. The minimum atomic E-state index is -0.0712. The Balaban J connectivity index is 0.00000265. The van der Waals surface area contributed by atoms with Gasteiger partial charge in [0.2, 0.25) is 0 Å². The molecule has 1 aromatic carbocycles. The number of aromatic hydroxyl groups is 1. The molecule has 0 bridgehead atoms. The maximum atomic E-state index is 10.4. The maximum absolute atomic E-state index is 10.4. The van der Waals surface area contributed by atoms with E-state index in [2.05, 4.69) is 41.5 Å². The van der Waals surface area contributed by atoms with Crippen LogP contribution in [0.5, 0.6) is 11.5 Å². The van der Waals surface area contributed by atoms with Crippen molar-refractivity contribution in [3.63, 3.8) is 0 Å². The summed E-state index contributed by atoms with van der Waals surface area (Å²) in [4.78, 5) is 0. The summed E-state index contributed by atoms with van der Waals surface area (Å²) >= 11 is 0. The predicted molar refractivity (Wildman–Crippen MR) is 140 cm³/mol. The number of fused-ring (bicyclic) bond motifs is 1. The quantitative estimate of drug-likeness (QED) is 0.213. The van der Waals surface area contributed by atoms with Crippen molar-refractivity contribution in [3.05, 3.63) is 22.3 Å². The maximum Gasteiger partial charge on any atom is 0.127 e. The van der Waals surface area contributed by atoms with Crippen LogP contribution in [-0.2, 0) is 6.42 Å². The fraction of sp³-hybridized carbons (Fsp3) is 0.793. The molecule has 3 N–H and O–H groups in total. The van der Waals surface area contributed by atoms with Crippen molar-refractivity contribution in [2.75, 3.05) is 0 Å². The van der Waals surface area contributed by atoms with Gasteiger partial charge >= 0.3 is 0 Å². The van der Waals surface area contributed by atoms with Crippen LogP contribution in [0.1, 0.15) is 121 Å². The van der Waals surface area contributed by atoms with Crippen LogP contribution in [0.3, 0.4) is 0 Å². The Bertz CT molecular complexity index is 712. The number of phenols is 1. The van der Waals surface area contributed by atoms with Gasteiger partial charge in [0.1, 0.15) is 17.1 Å². The van der Waals surface area contributed by atoms with Gasteiger partial charge in [-0.15, -0.1) is 0 Å². The van der Waals surface area contributed by atoms with Crippen molar-refractivity contribution >= 4 is 0 Å². The molecule has 0 saturated heterocycles. The second-order valence-electron chi connectivity index (χ2n) is 11.4. The molecule has 1 aliphatic heterocycles. The van der Waals surface area contributed by atoms with Crippen molar-refractivity contribution in [1.29, 1.82) is 0 Å². The van der Waals surface area contributed by atoms with E-state index in [0.29, 0.717) is 5.75 Å². The number of hydrogen-bond acceptors (Lipinski definition) is 4. The van der Waals surface area contributed by atoms with Crippen LogP contribution in [0.15, 0.2) is 0 Å². The van der Waals surface area contributed by atoms with E-state index in [1.54, 1.807) is 0 Å².